The van der Waals surface area contributed by atoms with Crippen LogP contribution in [0, 0.1) is 0 Å². The van der Waals surface area contributed by atoms with Gasteiger partial charge in [-0.25, -0.2) is 19.2 Å². The first-order valence-corrected chi connectivity index (χ1v) is 14.7. The maximum Gasteiger partial charge on any atom is 0.343 e. The summed E-state index contributed by atoms with van der Waals surface area (Å²) in [7, 11) is 0. The molecule has 0 fully saturated rings. The van der Waals surface area contributed by atoms with E-state index in [0.717, 1.165) is 22.3 Å². The van der Waals surface area contributed by atoms with Crippen molar-refractivity contribution < 1.29 is 38.1 Å². The van der Waals surface area contributed by atoms with E-state index < -0.39 is 29.5 Å². The fourth-order valence-corrected chi connectivity index (χ4v) is 5.05. The third kappa shape index (κ3) is 7.12. The van der Waals surface area contributed by atoms with Crippen molar-refractivity contribution in [1.82, 2.24) is 0 Å². The van der Waals surface area contributed by atoms with Gasteiger partial charge in [0.25, 0.3) is 0 Å². The van der Waals surface area contributed by atoms with Gasteiger partial charge in [0, 0.05) is 5.92 Å². The first kappa shape index (κ1) is 31.2. The molecule has 0 N–H and O–H groups in total. The van der Waals surface area contributed by atoms with Crippen molar-refractivity contribution in [2.24, 2.45) is 0 Å². The summed E-state index contributed by atoms with van der Waals surface area (Å²) in [6.07, 6.45) is -0.279. The Morgan fingerprint density at radius 3 is 1.56 bits per heavy atom. The molecule has 45 heavy (non-hydrogen) atoms. The molecular formula is C37H34O8. The predicted octanol–water partition coefficient (Wildman–Crippen LogP) is 7.78. The molecule has 4 aromatic rings. The standard InChI is InChI=1S/C37H34O8/c1-21(2)42-34(39)25-8-7-9-26(18-25)35(40)44-28-15-17-30-29-16-14-27(19-31(29)22(3)32(30)20-28)43-33(38)23-10-12-24(13-11-23)36(41)45-37(4,5)6/h7-22H,1-6H3. The first-order valence-electron chi connectivity index (χ1n) is 14.7. The zero-order valence-electron chi connectivity index (χ0n) is 26.0. The second kappa shape index (κ2) is 12.4. The van der Waals surface area contributed by atoms with E-state index in [-0.39, 0.29) is 23.1 Å². The number of hydrogen-bond acceptors (Lipinski definition) is 8. The van der Waals surface area contributed by atoms with Gasteiger partial charge < -0.3 is 18.9 Å². The van der Waals surface area contributed by atoms with Crippen LogP contribution >= 0.6 is 0 Å². The summed E-state index contributed by atoms with van der Waals surface area (Å²) >= 11 is 0. The Morgan fingerprint density at radius 2 is 1.07 bits per heavy atom. The van der Waals surface area contributed by atoms with Crippen LogP contribution in [-0.4, -0.2) is 35.6 Å². The quantitative estimate of drug-likeness (QED) is 0.155. The molecule has 0 amide bonds. The molecule has 8 heteroatoms. The average Bonchev–Trinajstić information content (AvgIpc) is 3.26. The first-order chi connectivity index (χ1) is 21.3. The highest BCUT2D eigenvalue weighted by Gasteiger charge is 2.27. The predicted molar refractivity (Wildman–Crippen MR) is 168 cm³/mol. The van der Waals surface area contributed by atoms with Gasteiger partial charge in [-0.2, -0.15) is 0 Å². The van der Waals surface area contributed by atoms with Gasteiger partial charge >= 0.3 is 23.9 Å². The van der Waals surface area contributed by atoms with Gasteiger partial charge in [-0.15, -0.1) is 0 Å². The van der Waals surface area contributed by atoms with Crippen LogP contribution in [0.2, 0.25) is 0 Å². The van der Waals surface area contributed by atoms with Crippen LogP contribution in [0.15, 0.2) is 84.9 Å². The lowest BCUT2D eigenvalue weighted by Crippen LogP contribution is -2.23. The lowest BCUT2D eigenvalue weighted by atomic mass is 9.99. The van der Waals surface area contributed by atoms with Gasteiger partial charge in [0.05, 0.1) is 28.4 Å². The topological polar surface area (TPSA) is 105 Å². The van der Waals surface area contributed by atoms with Crippen LogP contribution in [0.4, 0.5) is 0 Å². The zero-order valence-corrected chi connectivity index (χ0v) is 26.0. The van der Waals surface area contributed by atoms with Crippen LogP contribution in [0.1, 0.15) is 100 Å². The van der Waals surface area contributed by atoms with E-state index >= 15 is 0 Å². The highest BCUT2D eigenvalue weighted by Crippen LogP contribution is 2.47. The minimum atomic E-state index is -0.622. The Kier molecular flexibility index (Phi) is 8.60. The minimum Gasteiger partial charge on any atom is -0.459 e. The van der Waals surface area contributed by atoms with Crippen molar-refractivity contribution in [3.05, 3.63) is 118 Å². The largest absolute Gasteiger partial charge is 0.459 e. The van der Waals surface area contributed by atoms with E-state index in [4.69, 9.17) is 18.9 Å². The molecule has 5 rings (SSSR count). The maximum atomic E-state index is 12.9. The van der Waals surface area contributed by atoms with Crippen LogP contribution in [0.5, 0.6) is 11.5 Å². The fourth-order valence-electron chi connectivity index (χ4n) is 5.05. The number of esters is 4. The molecule has 0 saturated carbocycles. The molecule has 1 aliphatic rings. The molecular weight excluding hydrogens is 572 g/mol. The van der Waals surface area contributed by atoms with Crippen molar-refractivity contribution in [3.8, 4) is 22.6 Å². The molecule has 1 atom stereocenters. The third-order valence-electron chi connectivity index (χ3n) is 7.12. The van der Waals surface area contributed by atoms with E-state index in [1.165, 1.54) is 30.3 Å². The van der Waals surface area contributed by atoms with Gasteiger partial charge in [0.2, 0.25) is 0 Å². The number of benzene rings is 4. The Bertz CT molecular complexity index is 1790. The third-order valence-corrected chi connectivity index (χ3v) is 7.12. The van der Waals surface area contributed by atoms with E-state index in [9.17, 15) is 19.2 Å². The molecule has 0 spiro atoms. The number of ether oxygens (including phenoxy) is 4. The Balaban J connectivity index is 1.27. The Hall–Kier alpha value is -5.24. The number of rotatable bonds is 7. The molecule has 230 valence electrons. The van der Waals surface area contributed by atoms with Gasteiger partial charge in [0.15, 0.2) is 0 Å². The number of hydrogen-bond donors (Lipinski definition) is 0. The highest BCUT2D eigenvalue weighted by molar-refractivity contribution is 5.96. The molecule has 0 bridgehead atoms. The summed E-state index contributed by atoms with van der Waals surface area (Å²) in [6.45, 7) is 10.9. The Morgan fingerprint density at radius 1 is 0.600 bits per heavy atom. The second-order valence-corrected chi connectivity index (χ2v) is 12.1. The number of carbonyl (C=O) groups excluding carboxylic acids is 4. The van der Waals surface area contributed by atoms with Crippen molar-refractivity contribution >= 4 is 23.9 Å². The molecule has 0 aromatic heterocycles. The molecule has 1 unspecified atom stereocenters. The van der Waals surface area contributed by atoms with Crippen LogP contribution in [-0.2, 0) is 9.47 Å². The van der Waals surface area contributed by atoms with E-state index in [1.54, 1.807) is 65.0 Å². The summed E-state index contributed by atoms with van der Waals surface area (Å²) in [5.74, 6) is -1.42. The smallest absolute Gasteiger partial charge is 0.343 e. The van der Waals surface area contributed by atoms with Crippen LogP contribution in [0.3, 0.4) is 0 Å². The Labute approximate surface area is 261 Å². The van der Waals surface area contributed by atoms with Crippen LogP contribution in [0.25, 0.3) is 11.1 Å². The van der Waals surface area contributed by atoms with E-state index in [1.807, 2.05) is 31.2 Å². The van der Waals surface area contributed by atoms with Crippen molar-refractivity contribution in [1.29, 1.82) is 0 Å². The minimum absolute atomic E-state index is 0.0606. The molecule has 4 aromatic carbocycles. The summed E-state index contributed by atoms with van der Waals surface area (Å²) in [5.41, 5.74) is 4.44. The summed E-state index contributed by atoms with van der Waals surface area (Å²) in [6, 6.07) is 23.3. The van der Waals surface area contributed by atoms with Gasteiger partial charge in [-0.1, -0.05) is 25.1 Å². The van der Waals surface area contributed by atoms with Gasteiger partial charge in [-0.05, 0) is 124 Å². The lowest BCUT2D eigenvalue weighted by molar-refractivity contribution is 0.00685. The van der Waals surface area contributed by atoms with Crippen LogP contribution < -0.4 is 9.47 Å². The zero-order chi connectivity index (χ0) is 32.5. The molecule has 0 saturated heterocycles. The van der Waals surface area contributed by atoms with E-state index in [2.05, 4.69) is 0 Å². The molecule has 0 aliphatic heterocycles. The monoisotopic (exact) mass is 606 g/mol. The summed E-state index contributed by atoms with van der Waals surface area (Å²) in [5, 5.41) is 0. The normalized spacial score (nSPS) is 13.4. The maximum absolute atomic E-state index is 12.9. The van der Waals surface area contributed by atoms with E-state index in [0.29, 0.717) is 22.6 Å². The summed E-state index contributed by atoms with van der Waals surface area (Å²) < 4.78 is 21.9. The SMILES string of the molecule is CC(C)OC(=O)c1cccc(C(=O)Oc2ccc3c(c2)C(C)c2cc(OC(=O)c4ccc(C(=O)OC(C)(C)C)cc4)ccc2-3)c1. The average molecular weight is 607 g/mol. The van der Waals surface area contributed by atoms with Gasteiger partial charge in [-0.3, -0.25) is 0 Å². The second-order valence-electron chi connectivity index (χ2n) is 12.1. The highest BCUT2D eigenvalue weighted by atomic mass is 16.6. The summed E-state index contributed by atoms with van der Waals surface area (Å²) in [4.78, 5) is 50.4. The molecule has 8 nitrogen and oxygen atoms in total. The molecule has 1 aliphatic carbocycles. The van der Waals surface area contributed by atoms with Crippen molar-refractivity contribution in [2.75, 3.05) is 0 Å². The fraction of sp³-hybridized carbons (Fsp3) is 0.243. The number of fused-ring (bicyclic) bond motifs is 3. The number of carbonyl (C=O) groups is 4. The lowest BCUT2D eigenvalue weighted by Gasteiger charge is -2.19. The molecule has 0 radical (unpaired) electrons. The van der Waals surface area contributed by atoms with Crippen molar-refractivity contribution in [3.63, 3.8) is 0 Å². The van der Waals surface area contributed by atoms with Crippen molar-refractivity contribution in [2.45, 2.75) is 59.2 Å². The van der Waals surface area contributed by atoms with Gasteiger partial charge in [0.1, 0.15) is 17.1 Å². The molecule has 0 heterocycles.